The molecular weight excluding hydrogens is 367 g/mol. The Balaban J connectivity index is 1.64. The molecule has 144 valence electrons. The van der Waals surface area contributed by atoms with Crippen LogP contribution in [-0.4, -0.2) is 38.1 Å². The summed E-state index contributed by atoms with van der Waals surface area (Å²) >= 11 is 0. The normalized spacial score (nSPS) is 14.1. The second-order valence-electron chi connectivity index (χ2n) is 6.90. The molecule has 0 heterocycles. The highest BCUT2D eigenvalue weighted by atomic mass is 32.2. The molecular formula is C20H23FN2O3S. The van der Waals surface area contributed by atoms with Crippen molar-refractivity contribution >= 4 is 15.9 Å². The van der Waals surface area contributed by atoms with Crippen molar-refractivity contribution in [3.8, 4) is 0 Å². The molecule has 2 aromatic rings. The number of sulfonamides is 1. The highest BCUT2D eigenvalue weighted by molar-refractivity contribution is 7.88. The Morgan fingerprint density at radius 2 is 1.67 bits per heavy atom. The van der Waals surface area contributed by atoms with E-state index in [9.17, 15) is 17.6 Å². The number of amides is 1. The molecule has 7 heteroatoms. The van der Waals surface area contributed by atoms with Gasteiger partial charge < -0.3 is 4.90 Å². The summed E-state index contributed by atoms with van der Waals surface area (Å²) in [6.07, 6.45) is 3.66. The van der Waals surface area contributed by atoms with Crippen molar-refractivity contribution in [3.05, 3.63) is 71.0 Å². The molecule has 27 heavy (non-hydrogen) atoms. The van der Waals surface area contributed by atoms with Gasteiger partial charge >= 0.3 is 0 Å². The summed E-state index contributed by atoms with van der Waals surface area (Å²) in [5.41, 5.74) is 2.46. The molecule has 0 radical (unpaired) electrons. The summed E-state index contributed by atoms with van der Waals surface area (Å²) in [6, 6.07) is 13.7. The van der Waals surface area contributed by atoms with Crippen LogP contribution in [0.25, 0.3) is 0 Å². The minimum absolute atomic E-state index is 0.0392. The fraction of sp³-hybridized carbons (Fsp3) is 0.350. The van der Waals surface area contributed by atoms with Crippen molar-refractivity contribution in [1.29, 1.82) is 0 Å². The second kappa shape index (κ2) is 8.19. The predicted octanol–water partition coefficient (Wildman–Crippen LogP) is 2.72. The lowest BCUT2D eigenvalue weighted by Gasteiger charge is -2.23. The third kappa shape index (κ3) is 5.87. The van der Waals surface area contributed by atoms with Gasteiger partial charge in [0, 0.05) is 24.7 Å². The first-order valence-corrected chi connectivity index (χ1v) is 10.8. The number of nitrogens with zero attached hydrogens (tertiary/aromatic N) is 1. The van der Waals surface area contributed by atoms with E-state index in [0.29, 0.717) is 25.1 Å². The van der Waals surface area contributed by atoms with Crippen LogP contribution in [0.5, 0.6) is 0 Å². The number of halogens is 1. The first-order valence-electron chi connectivity index (χ1n) is 8.91. The number of hydrogen-bond acceptors (Lipinski definition) is 3. The third-order valence-electron chi connectivity index (χ3n) is 4.49. The van der Waals surface area contributed by atoms with E-state index in [1.807, 2.05) is 17.0 Å². The van der Waals surface area contributed by atoms with Crippen LogP contribution in [0.2, 0.25) is 0 Å². The van der Waals surface area contributed by atoms with E-state index in [1.54, 1.807) is 24.3 Å². The first-order chi connectivity index (χ1) is 12.8. The molecule has 1 amide bonds. The molecule has 1 saturated carbocycles. The van der Waals surface area contributed by atoms with Gasteiger partial charge in [0.2, 0.25) is 10.0 Å². The first kappa shape index (κ1) is 19.5. The Hall–Kier alpha value is -2.25. The molecule has 2 aromatic carbocycles. The van der Waals surface area contributed by atoms with E-state index in [2.05, 4.69) is 4.72 Å². The zero-order valence-corrected chi connectivity index (χ0v) is 16.0. The highest BCUT2D eigenvalue weighted by Crippen LogP contribution is 2.30. The molecule has 1 aliphatic rings. The van der Waals surface area contributed by atoms with E-state index >= 15 is 0 Å². The van der Waals surface area contributed by atoms with Gasteiger partial charge in [-0.2, -0.15) is 0 Å². The number of benzene rings is 2. The van der Waals surface area contributed by atoms with Crippen LogP contribution in [0.3, 0.4) is 0 Å². The number of nitrogens with one attached hydrogen (secondary N) is 1. The third-order valence-corrected chi connectivity index (χ3v) is 5.22. The maximum absolute atomic E-state index is 13.1. The second-order valence-corrected chi connectivity index (χ2v) is 8.74. The van der Waals surface area contributed by atoms with Crippen molar-refractivity contribution in [2.75, 3.05) is 12.8 Å². The van der Waals surface area contributed by atoms with Gasteiger partial charge in [-0.05, 0) is 54.7 Å². The van der Waals surface area contributed by atoms with Gasteiger partial charge in [0.05, 0.1) is 6.26 Å². The summed E-state index contributed by atoms with van der Waals surface area (Å²) in [5, 5.41) is 0. The van der Waals surface area contributed by atoms with Gasteiger partial charge in [-0.25, -0.2) is 17.5 Å². The van der Waals surface area contributed by atoms with Gasteiger partial charge in [0.1, 0.15) is 5.82 Å². The number of carbonyl (C=O) groups is 1. The van der Waals surface area contributed by atoms with Gasteiger partial charge in [0.15, 0.2) is 0 Å². The van der Waals surface area contributed by atoms with E-state index in [4.69, 9.17) is 0 Å². The zero-order chi connectivity index (χ0) is 19.4. The number of hydrogen-bond donors (Lipinski definition) is 1. The largest absolute Gasteiger partial charge is 0.331 e. The van der Waals surface area contributed by atoms with Crippen LogP contribution in [0.1, 0.15) is 34.3 Å². The molecule has 0 spiro atoms. The zero-order valence-electron chi connectivity index (χ0n) is 15.2. The molecule has 3 rings (SSSR count). The monoisotopic (exact) mass is 390 g/mol. The van der Waals surface area contributed by atoms with E-state index in [-0.39, 0.29) is 17.8 Å². The quantitative estimate of drug-likeness (QED) is 0.754. The predicted molar refractivity (Wildman–Crippen MR) is 102 cm³/mol. The van der Waals surface area contributed by atoms with Gasteiger partial charge in [-0.1, -0.05) is 24.3 Å². The van der Waals surface area contributed by atoms with Crippen LogP contribution >= 0.6 is 0 Å². The standard InChI is InChI=1S/C20H23FN2O3S/c1-27(25,26)22-13-12-15-2-6-17(7-3-15)20(24)23(19-10-11-19)14-16-4-8-18(21)9-5-16/h2-9,19,22H,10-14H2,1H3. The van der Waals surface area contributed by atoms with Crippen molar-refractivity contribution in [2.24, 2.45) is 0 Å². The number of carbonyl (C=O) groups excluding carboxylic acids is 1. The number of rotatable bonds is 8. The van der Waals surface area contributed by atoms with Crippen LogP contribution in [0, 0.1) is 5.82 Å². The maximum Gasteiger partial charge on any atom is 0.254 e. The average Bonchev–Trinajstić information content (AvgIpc) is 3.45. The summed E-state index contributed by atoms with van der Waals surface area (Å²) < 4.78 is 37.7. The van der Waals surface area contributed by atoms with Crippen LogP contribution in [-0.2, 0) is 23.0 Å². The lowest BCUT2D eigenvalue weighted by molar-refractivity contribution is 0.0730. The van der Waals surface area contributed by atoms with Crippen molar-refractivity contribution < 1.29 is 17.6 Å². The summed E-state index contributed by atoms with van der Waals surface area (Å²) in [7, 11) is -3.20. The Morgan fingerprint density at radius 1 is 1.07 bits per heavy atom. The molecule has 1 aliphatic carbocycles. The lowest BCUT2D eigenvalue weighted by Crippen LogP contribution is -2.32. The van der Waals surface area contributed by atoms with Gasteiger partial charge in [-0.15, -0.1) is 0 Å². The Bertz CT molecular complexity index is 892. The minimum Gasteiger partial charge on any atom is -0.331 e. The van der Waals surface area contributed by atoms with Crippen LogP contribution in [0.15, 0.2) is 48.5 Å². The summed E-state index contributed by atoms with van der Waals surface area (Å²) in [5.74, 6) is -0.327. The maximum atomic E-state index is 13.1. The Morgan fingerprint density at radius 3 is 2.22 bits per heavy atom. The molecule has 0 unspecified atom stereocenters. The molecule has 0 aliphatic heterocycles. The molecule has 0 bridgehead atoms. The molecule has 1 fully saturated rings. The van der Waals surface area contributed by atoms with Crippen molar-refractivity contribution in [2.45, 2.75) is 31.8 Å². The molecule has 0 atom stereocenters. The summed E-state index contributed by atoms with van der Waals surface area (Å²) in [6.45, 7) is 0.786. The van der Waals surface area contributed by atoms with E-state index in [1.165, 1.54) is 12.1 Å². The molecule has 5 nitrogen and oxygen atoms in total. The Kier molecular flexibility index (Phi) is 5.92. The fourth-order valence-electron chi connectivity index (χ4n) is 2.90. The highest BCUT2D eigenvalue weighted by Gasteiger charge is 2.33. The molecule has 1 N–H and O–H groups in total. The Labute approximate surface area is 159 Å². The SMILES string of the molecule is CS(=O)(=O)NCCc1ccc(C(=O)N(Cc2ccc(F)cc2)C2CC2)cc1. The van der Waals surface area contributed by atoms with E-state index in [0.717, 1.165) is 30.2 Å². The fourth-order valence-corrected chi connectivity index (χ4v) is 3.37. The lowest BCUT2D eigenvalue weighted by atomic mass is 10.1. The molecule has 0 aromatic heterocycles. The van der Waals surface area contributed by atoms with Crippen LogP contribution in [0.4, 0.5) is 4.39 Å². The van der Waals surface area contributed by atoms with Gasteiger partial charge in [-0.3, -0.25) is 4.79 Å². The van der Waals surface area contributed by atoms with Crippen molar-refractivity contribution in [3.63, 3.8) is 0 Å². The van der Waals surface area contributed by atoms with Gasteiger partial charge in [0.25, 0.3) is 5.91 Å². The minimum atomic E-state index is -3.20. The van der Waals surface area contributed by atoms with E-state index < -0.39 is 10.0 Å². The van der Waals surface area contributed by atoms with Crippen LogP contribution < -0.4 is 4.72 Å². The van der Waals surface area contributed by atoms with Crippen molar-refractivity contribution in [1.82, 2.24) is 9.62 Å². The summed E-state index contributed by atoms with van der Waals surface area (Å²) in [4.78, 5) is 14.8. The smallest absolute Gasteiger partial charge is 0.254 e. The average molecular weight is 390 g/mol. The molecule has 0 saturated heterocycles. The topological polar surface area (TPSA) is 66.5 Å².